The molecular formula is C13H29N. The van der Waals surface area contributed by atoms with Crippen molar-refractivity contribution in [2.24, 2.45) is 5.92 Å². The number of hydrogen-bond acceptors (Lipinski definition) is 1. The molecule has 1 nitrogen and oxygen atoms in total. The molecule has 0 aliphatic rings. The van der Waals surface area contributed by atoms with Crippen molar-refractivity contribution >= 4 is 0 Å². The van der Waals surface area contributed by atoms with Crippen molar-refractivity contribution in [1.82, 2.24) is 5.32 Å². The lowest BCUT2D eigenvalue weighted by Crippen LogP contribution is -2.26. The van der Waals surface area contributed by atoms with Gasteiger partial charge in [0.1, 0.15) is 0 Å². The van der Waals surface area contributed by atoms with Gasteiger partial charge in [-0.3, -0.25) is 0 Å². The Labute approximate surface area is 90.7 Å². The third-order valence-electron chi connectivity index (χ3n) is 2.82. The van der Waals surface area contributed by atoms with Crippen LogP contribution in [-0.2, 0) is 0 Å². The van der Waals surface area contributed by atoms with Crippen LogP contribution in [0.1, 0.15) is 65.7 Å². The Morgan fingerprint density at radius 2 is 1.64 bits per heavy atom. The molecule has 0 saturated carbocycles. The molecule has 0 aromatic heterocycles. The predicted molar refractivity (Wildman–Crippen MR) is 65.7 cm³/mol. The Morgan fingerprint density at radius 3 is 2.14 bits per heavy atom. The molecule has 0 spiro atoms. The quantitative estimate of drug-likeness (QED) is 0.554. The minimum atomic E-state index is 0.747. The molecule has 1 atom stereocenters. The lowest BCUT2D eigenvalue weighted by molar-refractivity contribution is 0.405. The maximum absolute atomic E-state index is 3.42. The maximum atomic E-state index is 3.42. The summed E-state index contributed by atoms with van der Waals surface area (Å²) in [6.07, 6.45) is 9.69. The lowest BCUT2D eigenvalue weighted by Gasteiger charge is -2.17. The molecule has 0 rings (SSSR count). The number of rotatable bonds is 9. The normalized spacial score (nSPS) is 13.5. The van der Waals surface area contributed by atoms with Crippen LogP contribution in [0.4, 0.5) is 0 Å². The molecule has 1 unspecified atom stereocenters. The first-order chi connectivity index (χ1) is 6.70. The Kier molecular flexibility index (Phi) is 9.49. The van der Waals surface area contributed by atoms with E-state index in [2.05, 4.69) is 33.1 Å². The van der Waals surface area contributed by atoms with Crippen LogP contribution in [0.2, 0.25) is 0 Å². The van der Waals surface area contributed by atoms with E-state index < -0.39 is 0 Å². The van der Waals surface area contributed by atoms with Crippen LogP contribution in [0.15, 0.2) is 0 Å². The summed E-state index contributed by atoms with van der Waals surface area (Å²) in [6, 6.07) is 0.747. The second-order valence-electron chi connectivity index (χ2n) is 4.82. The van der Waals surface area contributed by atoms with E-state index in [4.69, 9.17) is 0 Å². The molecule has 1 N–H and O–H groups in total. The summed E-state index contributed by atoms with van der Waals surface area (Å²) < 4.78 is 0. The molecule has 0 aromatic rings. The first kappa shape index (κ1) is 14.0. The fraction of sp³-hybridized carbons (Fsp3) is 1.00. The topological polar surface area (TPSA) is 12.0 Å². The van der Waals surface area contributed by atoms with Gasteiger partial charge >= 0.3 is 0 Å². The Morgan fingerprint density at radius 1 is 1.00 bits per heavy atom. The van der Waals surface area contributed by atoms with Gasteiger partial charge in [0.05, 0.1) is 0 Å². The van der Waals surface area contributed by atoms with Gasteiger partial charge in [0.15, 0.2) is 0 Å². The van der Waals surface area contributed by atoms with Gasteiger partial charge in [-0.05, 0) is 25.8 Å². The maximum Gasteiger partial charge on any atom is 0.00664 e. The predicted octanol–water partition coefficient (Wildman–Crippen LogP) is 3.98. The van der Waals surface area contributed by atoms with E-state index in [9.17, 15) is 0 Å². The van der Waals surface area contributed by atoms with Crippen molar-refractivity contribution < 1.29 is 0 Å². The molecule has 14 heavy (non-hydrogen) atoms. The summed E-state index contributed by atoms with van der Waals surface area (Å²) in [5.41, 5.74) is 0. The van der Waals surface area contributed by atoms with Crippen LogP contribution in [0.25, 0.3) is 0 Å². The highest BCUT2D eigenvalue weighted by Gasteiger charge is 2.07. The van der Waals surface area contributed by atoms with Gasteiger partial charge in [-0.25, -0.2) is 0 Å². The molecule has 86 valence electrons. The summed E-state index contributed by atoms with van der Waals surface area (Å²) in [6.45, 7) is 6.89. The van der Waals surface area contributed by atoms with Crippen LogP contribution < -0.4 is 5.32 Å². The highest BCUT2D eigenvalue weighted by molar-refractivity contribution is 4.66. The SMILES string of the molecule is CCCCCCCC(CC(C)C)NC. The van der Waals surface area contributed by atoms with Crippen LogP contribution >= 0.6 is 0 Å². The summed E-state index contributed by atoms with van der Waals surface area (Å²) in [4.78, 5) is 0. The van der Waals surface area contributed by atoms with E-state index in [-0.39, 0.29) is 0 Å². The second kappa shape index (κ2) is 9.51. The zero-order chi connectivity index (χ0) is 10.8. The largest absolute Gasteiger partial charge is 0.317 e. The Bertz CT molecular complexity index is 110. The molecule has 0 amide bonds. The zero-order valence-electron chi connectivity index (χ0n) is 10.6. The Balaban J connectivity index is 3.33. The third kappa shape index (κ3) is 8.55. The Hall–Kier alpha value is -0.0400. The first-order valence-corrected chi connectivity index (χ1v) is 6.38. The highest BCUT2D eigenvalue weighted by atomic mass is 14.9. The molecule has 0 bridgehead atoms. The van der Waals surface area contributed by atoms with Crippen molar-refractivity contribution in [3.05, 3.63) is 0 Å². The van der Waals surface area contributed by atoms with E-state index in [0.717, 1.165) is 12.0 Å². The fourth-order valence-corrected chi connectivity index (χ4v) is 1.94. The van der Waals surface area contributed by atoms with Gasteiger partial charge in [-0.2, -0.15) is 0 Å². The van der Waals surface area contributed by atoms with E-state index in [0.29, 0.717) is 0 Å². The molecule has 0 aliphatic heterocycles. The fourth-order valence-electron chi connectivity index (χ4n) is 1.94. The number of nitrogens with one attached hydrogen (secondary N) is 1. The van der Waals surface area contributed by atoms with E-state index in [1.807, 2.05) is 0 Å². The summed E-state index contributed by atoms with van der Waals surface area (Å²) in [7, 11) is 2.10. The van der Waals surface area contributed by atoms with Crippen molar-refractivity contribution in [3.8, 4) is 0 Å². The van der Waals surface area contributed by atoms with Gasteiger partial charge in [0, 0.05) is 6.04 Å². The minimum absolute atomic E-state index is 0.747. The van der Waals surface area contributed by atoms with Crippen molar-refractivity contribution in [2.45, 2.75) is 71.8 Å². The minimum Gasteiger partial charge on any atom is -0.317 e. The van der Waals surface area contributed by atoms with Crippen LogP contribution in [0.3, 0.4) is 0 Å². The molecule has 0 saturated heterocycles. The third-order valence-corrected chi connectivity index (χ3v) is 2.82. The van der Waals surface area contributed by atoms with Crippen molar-refractivity contribution in [1.29, 1.82) is 0 Å². The van der Waals surface area contributed by atoms with Crippen LogP contribution in [0, 0.1) is 5.92 Å². The summed E-state index contributed by atoms with van der Waals surface area (Å²) in [5, 5.41) is 3.42. The average molecular weight is 199 g/mol. The molecule has 0 heterocycles. The smallest absolute Gasteiger partial charge is 0.00664 e. The molecule has 0 aliphatic carbocycles. The van der Waals surface area contributed by atoms with Crippen molar-refractivity contribution in [3.63, 3.8) is 0 Å². The average Bonchev–Trinajstić information content (AvgIpc) is 2.15. The van der Waals surface area contributed by atoms with E-state index in [1.54, 1.807) is 0 Å². The standard InChI is InChI=1S/C13H29N/c1-5-6-7-8-9-10-13(14-4)11-12(2)3/h12-14H,5-11H2,1-4H3. The number of unbranched alkanes of at least 4 members (excludes halogenated alkanes) is 4. The summed E-state index contributed by atoms with van der Waals surface area (Å²) in [5.74, 6) is 0.822. The second-order valence-corrected chi connectivity index (χ2v) is 4.82. The molecule has 0 fully saturated rings. The van der Waals surface area contributed by atoms with E-state index in [1.165, 1.54) is 44.9 Å². The van der Waals surface area contributed by atoms with Crippen LogP contribution in [-0.4, -0.2) is 13.1 Å². The lowest BCUT2D eigenvalue weighted by atomic mass is 9.98. The van der Waals surface area contributed by atoms with Gasteiger partial charge < -0.3 is 5.32 Å². The molecule has 0 aromatic carbocycles. The van der Waals surface area contributed by atoms with Crippen LogP contribution in [0.5, 0.6) is 0 Å². The first-order valence-electron chi connectivity index (χ1n) is 6.38. The van der Waals surface area contributed by atoms with E-state index >= 15 is 0 Å². The molecule has 0 radical (unpaired) electrons. The monoisotopic (exact) mass is 199 g/mol. The summed E-state index contributed by atoms with van der Waals surface area (Å²) >= 11 is 0. The van der Waals surface area contributed by atoms with Crippen molar-refractivity contribution in [2.75, 3.05) is 7.05 Å². The highest BCUT2D eigenvalue weighted by Crippen LogP contribution is 2.12. The van der Waals surface area contributed by atoms with Gasteiger partial charge in [-0.15, -0.1) is 0 Å². The van der Waals surface area contributed by atoms with Gasteiger partial charge in [0.2, 0.25) is 0 Å². The molecular weight excluding hydrogens is 170 g/mol. The zero-order valence-corrected chi connectivity index (χ0v) is 10.6. The number of hydrogen-bond donors (Lipinski definition) is 1. The van der Waals surface area contributed by atoms with Gasteiger partial charge in [-0.1, -0.05) is 52.9 Å². The van der Waals surface area contributed by atoms with Gasteiger partial charge in [0.25, 0.3) is 0 Å². The molecule has 1 heteroatoms.